The molecular formula is C39H44N7O5S+. The zero-order valence-corrected chi connectivity index (χ0v) is 30.2. The standard InChI is InChI=1S/C39H43N7O5S/c1-44-33(9-5-6-17-41-39(48)51-26-29-7-3-2-4-8-29)25-46(43-44)32-14-15-34(36(24-32)50-22-20-45-19-18-40-38(45)47)37-42-31(27-52-37)13-11-28-10-12-30-16-21-49-35(30)23-28/h2-4,7-8,10,12,14-15,23-25,27H,5-6,9,11,13,16-22,26H2,1H3,(H-,40,41,47,48)/p+1. The molecule has 1 saturated heterocycles. The molecular weight excluding hydrogens is 679 g/mol. The average Bonchev–Trinajstić information content (AvgIpc) is 3.99. The van der Waals surface area contributed by atoms with Crippen molar-refractivity contribution in [1.82, 2.24) is 30.4 Å². The van der Waals surface area contributed by atoms with Gasteiger partial charge in [-0.3, -0.25) is 0 Å². The van der Waals surface area contributed by atoms with Gasteiger partial charge in [0.1, 0.15) is 36.8 Å². The summed E-state index contributed by atoms with van der Waals surface area (Å²) < 4.78 is 21.2. The third kappa shape index (κ3) is 8.89. The van der Waals surface area contributed by atoms with Crippen LogP contribution in [0.1, 0.15) is 40.9 Å². The summed E-state index contributed by atoms with van der Waals surface area (Å²) >= 11 is 1.60. The van der Waals surface area contributed by atoms with E-state index in [0.717, 1.165) is 84.1 Å². The maximum absolute atomic E-state index is 12.1. The molecule has 7 rings (SSSR count). The molecule has 2 N–H and O–H groups in total. The van der Waals surface area contributed by atoms with Crippen molar-refractivity contribution in [3.05, 3.63) is 106 Å². The summed E-state index contributed by atoms with van der Waals surface area (Å²) in [5.74, 6) is 1.70. The van der Waals surface area contributed by atoms with E-state index in [1.165, 1.54) is 11.1 Å². The minimum absolute atomic E-state index is 0.0626. The molecule has 2 aromatic heterocycles. The van der Waals surface area contributed by atoms with Gasteiger partial charge in [0, 0.05) is 43.9 Å². The number of alkyl carbamates (subject to hydrolysis) is 1. The Labute approximate surface area is 307 Å². The Bertz CT molecular complexity index is 2000. The topological polar surface area (TPSA) is 124 Å². The number of ether oxygens (including phenoxy) is 3. The Morgan fingerprint density at radius 3 is 2.83 bits per heavy atom. The first kappa shape index (κ1) is 35.0. The molecule has 0 saturated carbocycles. The van der Waals surface area contributed by atoms with Gasteiger partial charge in [-0.25, -0.2) is 14.6 Å². The molecule has 5 aromatic rings. The molecule has 0 atom stereocenters. The predicted molar refractivity (Wildman–Crippen MR) is 197 cm³/mol. The number of urea groups is 1. The van der Waals surface area contributed by atoms with Crippen LogP contribution >= 0.6 is 11.3 Å². The minimum Gasteiger partial charge on any atom is -0.493 e. The number of unbranched alkanes of at least 4 members (excludes halogenated alkanes) is 1. The number of benzene rings is 3. The molecule has 3 aromatic carbocycles. The molecule has 0 bridgehead atoms. The molecule has 1 fully saturated rings. The summed E-state index contributed by atoms with van der Waals surface area (Å²) in [4.78, 5) is 31.0. The van der Waals surface area contributed by atoms with Crippen LogP contribution < -0.4 is 24.8 Å². The number of rotatable bonds is 16. The highest BCUT2D eigenvalue weighted by Crippen LogP contribution is 2.34. The van der Waals surface area contributed by atoms with Crippen molar-refractivity contribution in [2.75, 3.05) is 39.4 Å². The molecule has 3 amide bonds. The Morgan fingerprint density at radius 1 is 1.06 bits per heavy atom. The second kappa shape index (κ2) is 16.7. The number of aromatic nitrogens is 4. The number of thiazole rings is 1. The lowest BCUT2D eigenvalue weighted by Gasteiger charge is -2.16. The van der Waals surface area contributed by atoms with Crippen molar-refractivity contribution >= 4 is 23.5 Å². The summed E-state index contributed by atoms with van der Waals surface area (Å²) in [7, 11) is 1.94. The third-order valence-electron chi connectivity index (χ3n) is 9.27. The van der Waals surface area contributed by atoms with Gasteiger partial charge in [0.25, 0.3) is 0 Å². The first-order chi connectivity index (χ1) is 25.5. The van der Waals surface area contributed by atoms with Gasteiger partial charge in [-0.2, -0.15) is 0 Å². The largest absolute Gasteiger partial charge is 0.493 e. The van der Waals surface area contributed by atoms with E-state index in [0.29, 0.717) is 38.5 Å². The van der Waals surface area contributed by atoms with Crippen molar-refractivity contribution in [2.45, 2.75) is 45.1 Å². The first-order valence-corrected chi connectivity index (χ1v) is 18.8. The zero-order valence-electron chi connectivity index (χ0n) is 29.4. The highest BCUT2D eigenvalue weighted by Gasteiger charge is 2.21. The van der Waals surface area contributed by atoms with E-state index in [-0.39, 0.29) is 12.6 Å². The number of aryl methyl sites for hydroxylation is 4. The molecule has 0 spiro atoms. The summed E-state index contributed by atoms with van der Waals surface area (Å²) in [6.07, 6.45) is 6.80. The molecule has 2 aliphatic rings. The lowest BCUT2D eigenvalue weighted by molar-refractivity contribution is -0.661. The molecule has 13 heteroatoms. The van der Waals surface area contributed by atoms with Gasteiger partial charge in [-0.15, -0.1) is 20.7 Å². The van der Waals surface area contributed by atoms with Gasteiger partial charge >= 0.3 is 12.1 Å². The van der Waals surface area contributed by atoms with Gasteiger partial charge in [-0.1, -0.05) is 42.5 Å². The van der Waals surface area contributed by atoms with E-state index in [2.05, 4.69) is 34.2 Å². The number of fused-ring (bicyclic) bond motifs is 1. The van der Waals surface area contributed by atoms with Gasteiger partial charge < -0.3 is 29.7 Å². The molecule has 2 aliphatic heterocycles. The first-order valence-electron chi connectivity index (χ1n) is 17.9. The van der Waals surface area contributed by atoms with E-state index in [4.69, 9.17) is 24.4 Å². The van der Waals surface area contributed by atoms with Gasteiger partial charge in [0.2, 0.25) is 0 Å². The van der Waals surface area contributed by atoms with Crippen LogP contribution in [0, 0.1) is 0 Å². The quantitative estimate of drug-likeness (QED) is 0.106. The summed E-state index contributed by atoms with van der Waals surface area (Å²) in [5.41, 5.74) is 7.35. The molecule has 0 unspecified atom stereocenters. The van der Waals surface area contributed by atoms with Crippen molar-refractivity contribution in [1.29, 1.82) is 0 Å². The van der Waals surface area contributed by atoms with E-state index in [1.54, 1.807) is 16.2 Å². The SMILES string of the molecule is Cn1n[n+](-c2ccc(-c3nc(CCc4ccc5c(c4)OCC5)cs3)c(OCCN3CCNC3=O)c2)cc1CCCCNC(=O)OCc1ccccc1. The number of hydrogen-bond acceptors (Lipinski definition) is 8. The van der Waals surface area contributed by atoms with Crippen LogP contribution in [0.4, 0.5) is 9.59 Å². The number of hydrogen-bond donors (Lipinski definition) is 2. The lowest BCUT2D eigenvalue weighted by Crippen LogP contribution is -2.33. The van der Waals surface area contributed by atoms with Crippen LogP contribution in [-0.4, -0.2) is 71.3 Å². The minimum atomic E-state index is -0.410. The van der Waals surface area contributed by atoms with E-state index in [9.17, 15) is 9.59 Å². The Kier molecular flexibility index (Phi) is 11.3. The molecule has 270 valence electrons. The fourth-order valence-corrected chi connectivity index (χ4v) is 7.21. The highest BCUT2D eigenvalue weighted by molar-refractivity contribution is 7.13. The number of amides is 3. The number of carbonyl (C=O) groups is 2. The second-order valence-corrected chi connectivity index (χ2v) is 13.8. The van der Waals surface area contributed by atoms with Crippen LogP contribution in [0.2, 0.25) is 0 Å². The van der Waals surface area contributed by atoms with E-state index in [1.807, 2.05) is 71.1 Å². The molecule has 12 nitrogen and oxygen atoms in total. The Morgan fingerprint density at radius 2 is 1.96 bits per heavy atom. The Balaban J connectivity index is 0.976. The monoisotopic (exact) mass is 722 g/mol. The van der Waals surface area contributed by atoms with Gasteiger partial charge in [-0.05, 0) is 60.6 Å². The predicted octanol–water partition coefficient (Wildman–Crippen LogP) is 5.19. The molecule has 52 heavy (non-hydrogen) atoms. The zero-order chi connectivity index (χ0) is 35.7. The molecule has 0 aliphatic carbocycles. The second-order valence-electron chi connectivity index (χ2n) is 13.0. The van der Waals surface area contributed by atoms with Crippen LogP contribution in [0.15, 0.2) is 78.3 Å². The van der Waals surface area contributed by atoms with Crippen molar-refractivity contribution in [3.63, 3.8) is 0 Å². The average molecular weight is 723 g/mol. The van der Waals surface area contributed by atoms with Gasteiger partial charge in [0.05, 0.1) is 29.6 Å². The summed E-state index contributed by atoms with van der Waals surface area (Å²) in [6, 6.07) is 22.2. The number of nitrogens with one attached hydrogen (secondary N) is 2. The summed E-state index contributed by atoms with van der Waals surface area (Å²) in [6.45, 7) is 3.71. The van der Waals surface area contributed by atoms with Crippen molar-refractivity contribution in [2.24, 2.45) is 7.05 Å². The van der Waals surface area contributed by atoms with E-state index >= 15 is 0 Å². The Hall–Kier alpha value is -5.43. The number of carbonyl (C=O) groups excluding carboxylic acids is 2. The maximum Gasteiger partial charge on any atom is 0.407 e. The van der Waals surface area contributed by atoms with Crippen LogP contribution in [0.5, 0.6) is 11.5 Å². The summed E-state index contributed by atoms with van der Waals surface area (Å²) in [5, 5.41) is 13.4. The lowest BCUT2D eigenvalue weighted by atomic mass is 10.1. The van der Waals surface area contributed by atoms with Gasteiger partial charge in [0.15, 0.2) is 17.6 Å². The fourth-order valence-electron chi connectivity index (χ4n) is 6.32. The molecule has 0 radical (unpaired) electrons. The van der Waals surface area contributed by atoms with Crippen LogP contribution in [0.3, 0.4) is 0 Å². The maximum atomic E-state index is 12.1. The van der Waals surface area contributed by atoms with Crippen LogP contribution in [-0.2, 0) is 44.1 Å². The third-order valence-corrected chi connectivity index (χ3v) is 10.2. The molecule has 4 heterocycles. The number of nitrogens with zero attached hydrogens (tertiary/aromatic N) is 5. The van der Waals surface area contributed by atoms with Crippen molar-refractivity contribution in [3.8, 4) is 27.8 Å². The van der Waals surface area contributed by atoms with E-state index < -0.39 is 6.09 Å². The van der Waals surface area contributed by atoms with Crippen molar-refractivity contribution < 1.29 is 28.5 Å². The normalized spacial score (nSPS) is 13.5. The van der Waals surface area contributed by atoms with Crippen LogP contribution in [0.25, 0.3) is 16.3 Å². The fraction of sp³-hybridized carbons (Fsp3) is 0.359. The highest BCUT2D eigenvalue weighted by atomic mass is 32.1. The smallest absolute Gasteiger partial charge is 0.407 e.